The maximum Gasteiger partial charge on any atom is 0.408 e. The fourth-order valence-corrected chi connectivity index (χ4v) is 3.40. The number of carbonyl (C=O) groups excluding carboxylic acids is 5. The third kappa shape index (κ3) is 12.9. The Balaban J connectivity index is 2.91. The highest BCUT2D eigenvalue weighted by Crippen LogP contribution is 2.08. The van der Waals surface area contributed by atoms with Crippen LogP contribution in [-0.2, 0) is 40.1 Å². The molecule has 0 aromatic heterocycles. The fraction of sp³-hybridized carbons (Fsp3) is 0.500. The number of Topliss-reactive ketones (excluding diaryl/α,β-unsaturated/α-hetero) is 1. The quantitative estimate of drug-likeness (QED) is 0.147. The number of ether oxygens (including phenoxy) is 1. The van der Waals surface area contributed by atoms with Gasteiger partial charge in [0.25, 0.3) is 0 Å². The lowest BCUT2D eigenvalue weighted by Crippen LogP contribution is -2.59. The van der Waals surface area contributed by atoms with Crippen molar-refractivity contribution in [3.05, 3.63) is 35.9 Å². The zero-order valence-corrected chi connectivity index (χ0v) is 22.8. The molecular formula is C26H35FN4O10. The largest absolute Gasteiger partial charge is 0.481 e. The highest BCUT2D eigenvalue weighted by atomic mass is 19.1. The number of rotatable bonds is 17. The zero-order chi connectivity index (χ0) is 31.1. The van der Waals surface area contributed by atoms with Crippen LogP contribution in [-0.4, -0.2) is 82.6 Å². The first-order chi connectivity index (χ1) is 19.2. The predicted octanol–water partition coefficient (Wildman–Crippen LogP) is 0.290. The molecule has 0 radical (unpaired) electrons. The van der Waals surface area contributed by atoms with Crippen LogP contribution in [0.3, 0.4) is 0 Å². The Labute approximate surface area is 235 Å². The molecule has 0 spiro atoms. The molecular weight excluding hydrogens is 547 g/mol. The van der Waals surface area contributed by atoms with Crippen LogP contribution < -0.4 is 21.3 Å². The summed E-state index contributed by atoms with van der Waals surface area (Å²) in [5.41, 5.74) is 0.706. The number of carboxylic acid groups (broad SMARTS) is 2. The lowest BCUT2D eigenvalue weighted by molar-refractivity contribution is -0.141. The maximum absolute atomic E-state index is 13.0. The van der Waals surface area contributed by atoms with Crippen molar-refractivity contribution in [1.29, 1.82) is 0 Å². The topological polar surface area (TPSA) is 217 Å². The lowest BCUT2D eigenvalue weighted by atomic mass is 10.0. The zero-order valence-electron chi connectivity index (χ0n) is 22.8. The van der Waals surface area contributed by atoms with Crippen LogP contribution in [0.25, 0.3) is 0 Å². The van der Waals surface area contributed by atoms with E-state index in [-0.39, 0.29) is 13.0 Å². The van der Waals surface area contributed by atoms with Gasteiger partial charge in [0.2, 0.25) is 17.7 Å². The Morgan fingerprint density at radius 2 is 1.41 bits per heavy atom. The van der Waals surface area contributed by atoms with Crippen LogP contribution in [0, 0.1) is 5.92 Å². The molecule has 0 aliphatic heterocycles. The minimum atomic E-state index is -1.68. The van der Waals surface area contributed by atoms with Gasteiger partial charge < -0.3 is 36.2 Å². The standard InChI is InChI=1S/C26H35FN4O10/c1-14(2)22(25(39)30-18(11-21(35)36)19(32)12-27)31-24(38)17(9-10-20(33)34)29-23(37)15(3)28-26(40)41-13-16-7-5-4-6-8-16/h4-8,14-15,17-18,22H,9-13H2,1-3H3,(H,28,40)(H,29,37)(H,30,39)(H,31,38)(H,33,34)(H,35,36)/t15-,17+,18-,22-/m0/s1. The van der Waals surface area contributed by atoms with Crippen LogP contribution in [0.4, 0.5) is 9.18 Å². The van der Waals surface area contributed by atoms with Gasteiger partial charge in [-0.25, -0.2) is 9.18 Å². The van der Waals surface area contributed by atoms with Crippen molar-refractivity contribution < 1.29 is 52.9 Å². The third-order valence-corrected chi connectivity index (χ3v) is 5.68. The first kappa shape index (κ1) is 34.5. The predicted molar refractivity (Wildman–Crippen MR) is 140 cm³/mol. The van der Waals surface area contributed by atoms with E-state index in [9.17, 15) is 38.0 Å². The molecule has 0 unspecified atom stereocenters. The van der Waals surface area contributed by atoms with Crippen molar-refractivity contribution in [2.24, 2.45) is 5.92 Å². The molecule has 226 valence electrons. The number of halogens is 1. The molecule has 0 aliphatic rings. The number of hydrogen-bond acceptors (Lipinski definition) is 8. The average Bonchev–Trinajstić information content (AvgIpc) is 2.91. The van der Waals surface area contributed by atoms with Gasteiger partial charge in [0.1, 0.15) is 37.4 Å². The van der Waals surface area contributed by atoms with E-state index in [2.05, 4.69) is 21.3 Å². The molecule has 4 amide bonds. The fourth-order valence-electron chi connectivity index (χ4n) is 3.40. The highest BCUT2D eigenvalue weighted by molar-refractivity contribution is 5.96. The van der Waals surface area contributed by atoms with Crippen molar-refractivity contribution in [2.75, 3.05) is 6.67 Å². The number of ketones is 1. The number of hydrogen-bond donors (Lipinski definition) is 6. The molecule has 14 nitrogen and oxygen atoms in total. The summed E-state index contributed by atoms with van der Waals surface area (Å²) >= 11 is 0. The molecule has 1 aromatic rings. The van der Waals surface area contributed by atoms with E-state index >= 15 is 0 Å². The molecule has 15 heteroatoms. The normalized spacial score (nSPS) is 13.6. The Hall–Kier alpha value is -4.56. The summed E-state index contributed by atoms with van der Waals surface area (Å²) in [5.74, 6) is -7.34. The number of benzene rings is 1. The second-order valence-electron chi connectivity index (χ2n) is 9.41. The van der Waals surface area contributed by atoms with Crippen LogP contribution in [0.1, 0.15) is 45.6 Å². The van der Waals surface area contributed by atoms with E-state index in [0.717, 1.165) is 0 Å². The minimum absolute atomic E-state index is 0.0619. The molecule has 0 bridgehead atoms. The van der Waals surface area contributed by atoms with E-state index in [1.54, 1.807) is 30.3 Å². The average molecular weight is 583 g/mol. The van der Waals surface area contributed by atoms with E-state index in [1.807, 2.05) is 0 Å². The molecule has 4 atom stereocenters. The SMILES string of the molecule is CC(C)[C@H](NC(=O)[C@@H](CCC(=O)O)NC(=O)[C@H](C)NC(=O)OCc1ccccc1)C(=O)N[C@@H](CC(=O)O)C(=O)CF. The first-order valence-corrected chi connectivity index (χ1v) is 12.7. The van der Waals surface area contributed by atoms with Crippen LogP contribution in [0.5, 0.6) is 0 Å². The van der Waals surface area contributed by atoms with Gasteiger partial charge in [-0.15, -0.1) is 0 Å². The number of alkyl carbamates (subject to hydrolysis) is 1. The Morgan fingerprint density at radius 1 is 0.805 bits per heavy atom. The van der Waals surface area contributed by atoms with Crippen LogP contribution >= 0.6 is 0 Å². The molecule has 0 fully saturated rings. The Morgan fingerprint density at radius 3 is 1.95 bits per heavy atom. The van der Waals surface area contributed by atoms with Crippen molar-refractivity contribution in [3.63, 3.8) is 0 Å². The summed E-state index contributed by atoms with van der Waals surface area (Å²) in [7, 11) is 0. The van der Waals surface area contributed by atoms with Crippen molar-refractivity contribution in [3.8, 4) is 0 Å². The molecule has 1 aromatic carbocycles. The first-order valence-electron chi connectivity index (χ1n) is 12.7. The smallest absolute Gasteiger partial charge is 0.408 e. The number of aliphatic carboxylic acids is 2. The summed E-state index contributed by atoms with van der Waals surface area (Å²) in [6.45, 7) is 2.76. The van der Waals surface area contributed by atoms with Crippen LogP contribution in [0.2, 0.25) is 0 Å². The summed E-state index contributed by atoms with van der Waals surface area (Å²) in [4.78, 5) is 84.5. The second-order valence-corrected chi connectivity index (χ2v) is 9.41. The van der Waals surface area contributed by atoms with Crippen LogP contribution in [0.15, 0.2) is 30.3 Å². The maximum atomic E-state index is 13.0. The second kappa shape index (κ2) is 17.2. The molecule has 6 N–H and O–H groups in total. The van der Waals surface area contributed by atoms with Gasteiger partial charge in [-0.2, -0.15) is 0 Å². The number of carboxylic acids is 2. The minimum Gasteiger partial charge on any atom is -0.481 e. The summed E-state index contributed by atoms with van der Waals surface area (Å²) in [6, 6.07) is 3.03. The third-order valence-electron chi connectivity index (χ3n) is 5.68. The Kier molecular flexibility index (Phi) is 14.5. The van der Waals surface area contributed by atoms with Crippen molar-refractivity contribution in [2.45, 2.75) is 70.8 Å². The molecule has 0 saturated heterocycles. The lowest BCUT2D eigenvalue weighted by Gasteiger charge is -2.27. The van der Waals surface area contributed by atoms with E-state index in [0.29, 0.717) is 5.56 Å². The van der Waals surface area contributed by atoms with Gasteiger partial charge in [-0.1, -0.05) is 44.2 Å². The van der Waals surface area contributed by atoms with E-state index in [1.165, 1.54) is 20.8 Å². The molecule has 0 heterocycles. The highest BCUT2D eigenvalue weighted by Gasteiger charge is 2.33. The van der Waals surface area contributed by atoms with Gasteiger partial charge in [0, 0.05) is 6.42 Å². The molecule has 0 aliphatic carbocycles. The van der Waals surface area contributed by atoms with Crippen molar-refractivity contribution in [1.82, 2.24) is 21.3 Å². The summed E-state index contributed by atoms with van der Waals surface area (Å²) < 4.78 is 17.9. The van der Waals surface area contributed by atoms with Crippen molar-refractivity contribution >= 4 is 41.5 Å². The van der Waals surface area contributed by atoms with Gasteiger partial charge in [-0.05, 0) is 24.8 Å². The van der Waals surface area contributed by atoms with Gasteiger partial charge in [-0.3, -0.25) is 28.8 Å². The monoisotopic (exact) mass is 582 g/mol. The Bertz CT molecular complexity index is 1100. The van der Waals surface area contributed by atoms with Gasteiger partial charge in [0.05, 0.1) is 6.42 Å². The summed E-state index contributed by atoms with van der Waals surface area (Å²) in [6.07, 6.45) is -2.72. The number of carbonyl (C=O) groups is 7. The number of alkyl halides is 1. The molecule has 0 saturated carbocycles. The number of amides is 4. The van der Waals surface area contributed by atoms with E-state index in [4.69, 9.17) is 14.9 Å². The van der Waals surface area contributed by atoms with Gasteiger partial charge in [0.15, 0.2) is 5.78 Å². The molecule has 1 rings (SSSR count). The summed E-state index contributed by atoms with van der Waals surface area (Å²) in [5, 5.41) is 27.1. The number of nitrogens with one attached hydrogen (secondary N) is 4. The molecule has 41 heavy (non-hydrogen) atoms. The van der Waals surface area contributed by atoms with Gasteiger partial charge >= 0.3 is 18.0 Å². The van der Waals surface area contributed by atoms with E-state index < -0.39 is 91.1 Å².